The Morgan fingerprint density at radius 2 is 2.38 bits per heavy atom. The Kier molecular flexibility index (Phi) is 2.49. The Hall–Kier alpha value is -0.520. The van der Waals surface area contributed by atoms with Gasteiger partial charge in [-0.2, -0.15) is 0 Å². The van der Waals surface area contributed by atoms with Crippen molar-refractivity contribution in [2.24, 2.45) is 0 Å². The van der Waals surface area contributed by atoms with Crippen LogP contribution in [-0.2, 0) is 14.5 Å². The first-order valence-corrected chi connectivity index (χ1v) is 6.90. The molecular weight excluding hydrogens is 290 g/mol. The number of amides is 1. The molecule has 1 amide bonds. The van der Waals surface area contributed by atoms with Crippen LogP contribution in [0.3, 0.4) is 0 Å². The summed E-state index contributed by atoms with van der Waals surface area (Å²) in [4.78, 5) is 11.2. The van der Waals surface area contributed by atoms with Gasteiger partial charge in [0.2, 0.25) is 4.93 Å². The molecule has 1 N–H and O–H groups in total. The summed E-state index contributed by atoms with van der Waals surface area (Å²) in [5, 5.41) is 2.88. The lowest BCUT2D eigenvalue weighted by Gasteiger charge is -2.30. The maximum absolute atomic E-state index is 12.0. The lowest BCUT2D eigenvalue weighted by atomic mass is 10.1. The first kappa shape index (κ1) is 10.6. The van der Waals surface area contributed by atoms with Gasteiger partial charge >= 0.3 is 0 Å². The Morgan fingerprint density at radius 3 is 3.12 bits per heavy atom. The highest BCUT2D eigenvalue weighted by Gasteiger charge is 2.50. The molecule has 0 radical (unpaired) electrons. The molecule has 0 aliphatic carbocycles. The SMILES string of the molecule is O=C1Nc2ccc(Br)cc2[C@]12OCCCS2. The van der Waals surface area contributed by atoms with Crippen LogP contribution in [0.25, 0.3) is 0 Å². The first-order chi connectivity index (χ1) is 7.72. The first-order valence-electron chi connectivity index (χ1n) is 5.12. The maximum atomic E-state index is 12.0. The zero-order valence-electron chi connectivity index (χ0n) is 8.46. The van der Waals surface area contributed by atoms with Crippen molar-refractivity contribution in [1.29, 1.82) is 0 Å². The molecule has 2 aliphatic heterocycles. The number of benzene rings is 1. The second-order valence-corrected chi connectivity index (χ2v) is 6.00. The number of nitrogens with one attached hydrogen (secondary N) is 1. The predicted molar refractivity (Wildman–Crippen MR) is 67.5 cm³/mol. The molecule has 3 nitrogen and oxygen atoms in total. The Labute approximate surface area is 106 Å². The molecule has 1 aromatic rings. The van der Waals surface area contributed by atoms with Crippen LogP contribution >= 0.6 is 27.7 Å². The molecule has 16 heavy (non-hydrogen) atoms. The van der Waals surface area contributed by atoms with Gasteiger partial charge in [-0.05, 0) is 30.4 Å². The minimum absolute atomic E-state index is 0.0506. The van der Waals surface area contributed by atoms with E-state index in [1.807, 2.05) is 18.2 Å². The summed E-state index contributed by atoms with van der Waals surface area (Å²) in [6, 6.07) is 5.79. The van der Waals surface area contributed by atoms with Crippen molar-refractivity contribution in [3.05, 3.63) is 28.2 Å². The molecule has 1 aromatic carbocycles. The van der Waals surface area contributed by atoms with Crippen LogP contribution in [0.5, 0.6) is 0 Å². The van der Waals surface area contributed by atoms with Crippen molar-refractivity contribution in [3.8, 4) is 0 Å². The smallest absolute Gasteiger partial charge is 0.272 e. The highest BCUT2D eigenvalue weighted by molar-refractivity contribution is 9.10. The third-order valence-corrected chi connectivity index (χ3v) is 4.70. The molecule has 0 unspecified atom stereocenters. The van der Waals surface area contributed by atoms with E-state index in [0.29, 0.717) is 6.61 Å². The standard InChI is InChI=1S/C11H10BrNO2S/c12-7-2-3-9-8(6-7)11(10(14)13-9)15-4-1-5-16-11/h2-3,6H,1,4-5H2,(H,13,14)/t11-/m1/s1. The Balaban J connectivity index is 2.13. The van der Waals surface area contributed by atoms with Crippen molar-refractivity contribution in [3.63, 3.8) is 0 Å². The summed E-state index contributed by atoms with van der Waals surface area (Å²) in [6.45, 7) is 0.645. The van der Waals surface area contributed by atoms with Crippen LogP contribution in [-0.4, -0.2) is 18.3 Å². The summed E-state index contributed by atoms with van der Waals surface area (Å²) in [5.41, 5.74) is 1.80. The van der Waals surface area contributed by atoms with Crippen LogP contribution in [0.1, 0.15) is 12.0 Å². The van der Waals surface area contributed by atoms with E-state index >= 15 is 0 Å². The Bertz CT molecular complexity index is 457. The molecule has 1 spiro atoms. The number of halogens is 1. The van der Waals surface area contributed by atoms with Crippen LogP contribution < -0.4 is 5.32 Å². The fourth-order valence-corrected chi connectivity index (χ4v) is 3.63. The average Bonchev–Trinajstić information content (AvgIpc) is 2.55. The summed E-state index contributed by atoms with van der Waals surface area (Å²) in [5.74, 6) is 0.907. The van der Waals surface area contributed by atoms with Crippen LogP contribution in [0.4, 0.5) is 5.69 Å². The molecular formula is C11H10BrNO2S. The Morgan fingerprint density at radius 1 is 1.50 bits per heavy atom. The monoisotopic (exact) mass is 299 g/mol. The minimum atomic E-state index is -0.808. The molecule has 2 heterocycles. The molecule has 1 atom stereocenters. The largest absolute Gasteiger partial charge is 0.351 e. The van der Waals surface area contributed by atoms with Gasteiger partial charge in [0.15, 0.2) is 0 Å². The normalized spacial score (nSPS) is 27.9. The minimum Gasteiger partial charge on any atom is -0.351 e. The zero-order valence-corrected chi connectivity index (χ0v) is 10.9. The van der Waals surface area contributed by atoms with Crippen LogP contribution in [0, 0.1) is 0 Å². The van der Waals surface area contributed by atoms with Gasteiger partial charge in [0.25, 0.3) is 5.91 Å². The summed E-state index contributed by atoms with van der Waals surface area (Å²) >= 11 is 5.01. The molecule has 1 fully saturated rings. The van der Waals surface area contributed by atoms with Crippen LogP contribution in [0.15, 0.2) is 22.7 Å². The summed E-state index contributed by atoms with van der Waals surface area (Å²) in [7, 11) is 0. The molecule has 2 aliphatic rings. The van der Waals surface area contributed by atoms with Gasteiger partial charge in [-0.25, -0.2) is 0 Å². The van der Waals surface area contributed by atoms with E-state index in [2.05, 4.69) is 21.2 Å². The van der Waals surface area contributed by atoms with Gasteiger partial charge in [-0.3, -0.25) is 4.79 Å². The molecule has 84 valence electrons. The molecule has 0 aromatic heterocycles. The lowest BCUT2D eigenvalue weighted by molar-refractivity contribution is -0.130. The van der Waals surface area contributed by atoms with E-state index < -0.39 is 4.93 Å². The van der Waals surface area contributed by atoms with Gasteiger partial charge in [0.05, 0.1) is 6.61 Å². The number of carbonyl (C=O) groups is 1. The number of fused-ring (bicyclic) bond motifs is 2. The maximum Gasteiger partial charge on any atom is 0.272 e. The van der Waals surface area contributed by atoms with Crippen molar-refractivity contribution < 1.29 is 9.53 Å². The third kappa shape index (κ3) is 1.42. The molecule has 1 saturated heterocycles. The summed E-state index contributed by atoms with van der Waals surface area (Å²) in [6.07, 6.45) is 1.00. The number of ether oxygens (including phenoxy) is 1. The van der Waals surface area contributed by atoms with Gasteiger partial charge in [0.1, 0.15) is 0 Å². The highest BCUT2D eigenvalue weighted by Crippen LogP contribution is 2.49. The number of hydrogen-bond acceptors (Lipinski definition) is 3. The van der Waals surface area contributed by atoms with Gasteiger partial charge in [0, 0.05) is 15.7 Å². The van der Waals surface area contributed by atoms with Gasteiger partial charge < -0.3 is 10.1 Å². The lowest BCUT2D eigenvalue weighted by Crippen LogP contribution is -2.37. The molecule has 0 saturated carbocycles. The molecule has 0 bridgehead atoms. The summed E-state index contributed by atoms with van der Waals surface area (Å²) < 4.78 is 6.72. The number of rotatable bonds is 0. The van der Waals surface area contributed by atoms with E-state index in [4.69, 9.17) is 4.74 Å². The van der Waals surface area contributed by atoms with E-state index in [9.17, 15) is 4.79 Å². The van der Waals surface area contributed by atoms with E-state index in [-0.39, 0.29) is 5.91 Å². The zero-order chi connectivity index (χ0) is 11.2. The van der Waals surface area contributed by atoms with Crippen LogP contribution in [0.2, 0.25) is 0 Å². The van der Waals surface area contributed by atoms with E-state index in [0.717, 1.165) is 27.9 Å². The van der Waals surface area contributed by atoms with E-state index in [1.165, 1.54) is 0 Å². The fraction of sp³-hybridized carbons (Fsp3) is 0.364. The number of hydrogen-bond donors (Lipinski definition) is 1. The fourth-order valence-electron chi connectivity index (χ4n) is 2.04. The third-order valence-electron chi connectivity index (χ3n) is 2.78. The van der Waals surface area contributed by atoms with Crippen molar-refractivity contribution in [1.82, 2.24) is 0 Å². The number of anilines is 1. The quantitative estimate of drug-likeness (QED) is 0.800. The molecule has 5 heteroatoms. The van der Waals surface area contributed by atoms with Crippen molar-refractivity contribution in [2.45, 2.75) is 11.4 Å². The highest BCUT2D eigenvalue weighted by atomic mass is 79.9. The van der Waals surface area contributed by atoms with Crippen molar-refractivity contribution >= 4 is 39.3 Å². The van der Waals surface area contributed by atoms with E-state index in [1.54, 1.807) is 11.8 Å². The van der Waals surface area contributed by atoms with Crippen molar-refractivity contribution in [2.75, 3.05) is 17.7 Å². The number of carbonyl (C=O) groups excluding carboxylic acids is 1. The average molecular weight is 300 g/mol. The second kappa shape index (κ2) is 3.75. The number of thioether (sulfide) groups is 1. The topological polar surface area (TPSA) is 38.3 Å². The van der Waals surface area contributed by atoms with Gasteiger partial charge in [-0.1, -0.05) is 15.9 Å². The predicted octanol–water partition coefficient (Wildman–Crippen LogP) is 2.71. The second-order valence-electron chi connectivity index (χ2n) is 3.81. The molecule has 3 rings (SSSR count). The van der Waals surface area contributed by atoms with Gasteiger partial charge in [-0.15, -0.1) is 11.8 Å².